The molecule has 0 heterocycles. The predicted octanol–water partition coefficient (Wildman–Crippen LogP) is 2.84. The van der Waals surface area contributed by atoms with Crippen LogP contribution in [0.15, 0.2) is 18.2 Å². The summed E-state index contributed by atoms with van der Waals surface area (Å²) in [5.74, 6) is -0.136. The largest absolute Gasteiger partial charge is 0.398 e. The van der Waals surface area contributed by atoms with Gasteiger partial charge in [0, 0.05) is 16.8 Å². The first-order valence-corrected chi connectivity index (χ1v) is 5.82. The summed E-state index contributed by atoms with van der Waals surface area (Å²) in [6.45, 7) is 4.08. The molecule has 0 fully saturated rings. The van der Waals surface area contributed by atoms with Gasteiger partial charge in [-0.25, -0.2) is 0 Å². The number of hydrogen-bond donors (Lipinski definition) is 2. The van der Waals surface area contributed by atoms with Gasteiger partial charge in [-0.2, -0.15) is 0 Å². The Bertz CT molecular complexity index is 375. The molecule has 0 aliphatic heterocycles. The Morgan fingerprint density at radius 2 is 2.06 bits per heavy atom. The Labute approximate surface area is 101 Å². The Kier molecular flexibility index (Phi) is 4.62. The summed E-state index contributed by atoms with van der Waals surface area (Å²) >= 11 is 5.77. The van der Waals surface area contributed by atoms with E-state index in [4.69, 9.17) is 17.3 Å². The summed E-state index contributed by atoms with van der Waals surface area (Å²) in [6.07, 6.45) is 1.82. The molecule has 0 atom stereocenters. The molecule has 0 saturated heterocycles. The Balaban J connectivity index is 2.80. The van der Waals surface area contributed by atoms with E-state index in [1.165, 1.54) is 0 Å². The highest BCUT2D eigenvalue weighted by Gasteiger charge is 2.13. The molecule has 3 nitrogen and oxygen atoms in total. The van der Waals surface area contributed by atoms with Crippen LogP contribution in [0.3, 0.4) is 0 Å². The van der Waals surface area contributed by atoms with E-state index in [0.717, 1.165) is 12.8 Å². The molecule has 0 unspecified atom stereocenters. The average molecular weight is 241 g/mol. The van der Waals surface area contributed by atoms with Crippen LogP contribution in [-0.4, -0.2) is 11.9 Å². The van der Waals surface area contributed by atoms with E-state index < -0.39 is 0 Å². The van der Waals surface area contributed by atoms with Gasteiger partial charge in [0.25, 0.3) is 5.91 Å². The minimum Gasteiger partial charge on any atom is -0.398 e. The van der Waals surface area contributed by atoms with Crippen LogP contribution in [0.25, 0.3) is 0 Å². The minimum atomic E-state index is -0.136. The zero-order chi connectivity index (χ0) is 12.1. The fourth-order valence-electron chi connectivity index (χ4n) is 1.50. The van der Waals surface area contributed by atoms with E-state index in [-0.39, 0.29) is 11.9 Å². The number of carbonyl (C=O) groups excluding carboxylic acids is 1. The lowest BCUT2D eigenvalue weighted by molar-refractivity contribution is 0.0936. The number of amides is 1. The lowest BCUT2D eigenvalue weighted by Gasteiger charge is -2.15. The number of hydrogen-bond acceptors (Lipinski definition) is 2. The van der Waals surface area contributed by atoms with Crippen molar-refractivity contribution in [3.8, 4) is 0 Å². The molecule has 0 radical (unpaired) electrons. The molecule has 0 aliphatic rings. The van der Waals surface area contributed by atoms with Crippen molar-refractivity contribution < 1.29 is 4.79 Å². The number of benzene rings is 1. The van der Waals surface area contributed by atoms with Gasteiger partial charge in [0.05, 0.1) is 5.56 Å². The number of carbonyl (C=O) groups is 1. The zero-order valence-corrected chi connectivity index (χ0v) is 10.3. The van der Waals surface area contributed by atoms with E-state index in [1.54, 1.807) is 18.2 Å². The van der Waals surface area contributed by atoms with Crippen molar-refractivity contribution in [3.05, 3.63) is 28.8 Å². The highest BCUT2D eigenvalue weighted by atomic mass is 35.5. The fraction of sp³-hybridized carbons (Fsp3) is 0.417. The van der Waals surface area contributed by atoms with E-state index in [1.807, 2.05) is 13.8 Å². The van der Waals surface area contributed by atoms with Gasteiger partial charge >= 0.3 is 0 Å². The second-order valence-electron chi connectivity index (χ2n) is 3.72. The van der Waals surface area contributed by atoms with Gasteiger partial charge in [-0.1, -0.05) is 25.4 Å². The first-order valence-electron chi connectivity index (χ1n) is 5.44. The molecule has 0 bridgehead atoms. The third-order valence-corrected chi connectivity index (χ3v) is 2.81. The van der Waals surface area contributed by atoms with Crippen molar-refractivity contribution in [3.63, 3.8) is 0 Å². The molecule has 0 aromatic heterocycles. The summed E-state index contributed by atoms with van der Waals surface area (Å²) in [6, 6.07) is 5.10. The fourth-order valence-corrected chi connectivity index (χ4v) is 1.68. The summed E-state index contributed by atoms with van der Waals surface area (Å²) in [5.41, 5.74) is 6.63. The van der Waals surface area contributed by atoms with Crippen molar-refractivity contribution in [1.29, 1.82) is 0 Å². The maximum atomic E-state index is 11.9. The van der Waals surface area contributed by atoms with Crippen molar-refractivity contribution in [2.75, 3.05) is 5.73 Å². The quantitative estimate of drug-likeness (QED) is 0.796. The highest BCUT2D eigenvalue weighted by Crippen LogP contribution is 2.18. The number of nitrogen functional groups attached to an aromatic ring is 1. The van der Waals surface area contributed by atoms with Crippen molar-refractivity contribution >= 4 is 23.2 Å². The Morgan fingerprint density at radius 1 is 1.44 bits per heavy atom. The molecule has 0 aliphatic carbocycles. The van der Waals surface area contributed by atoms with Crippen LogP contribution in [0.1, 0.15) is 37.0 Å². The van der Waals surface area contributed by atoms with Gasteiger partial charge in [-0.05, 0) is 31.0 Å². The third kappa shape index (κ3) is 3.14. The molecule has 88 valence electrons. The summed E-state index contributed by atoms with van der Waals surface area (Å²) in [5, 5.41) is 3.47. The highest BCUT2D eigenvalue weighted by molar-refractivity contribution is 6.31. The second kappa shape index (κ2) is 5.75. The molecule has 1 aromatic rings. The lowest BCUT2D eigenvalue weighted by Crippen LogP contribution is -2.34. The van der Waals surface area contributed by atoms with Crippen molar-refractivity contribution in [2.45, 2.75) is 32.7 Å². The average Bonchev–Trinajstić information content (AvgIpc) is 2.25. The van der Waals surface area contributed by atoms with Gasteiger partial charge < -0.3 is 11.1 Å². The predicted molar refractivity (Wildman–Crippen MR) is 67.7 cm³/mol. The Hall–Kier alpha value is -1.22. The van der Waals surface area contributed by atoms with Gasteiger partial charge in [0.2, 0.25) is 0 Å². The maximum Gasteiger partial charge on any atom is 0.253 e. The Morgan fingerprint density at radius 3 is 2.56 bits per heavy atom. The van der Waals surface area contributed by atoms with Gasteiger partial charge in [0.1, 0.15) is 0 Å². The monoisotopic (exact) mass is 240 g/mol. The summed E-state index contributed by atoms with van der Waals surface area (Å²) in [4.78, 5) is 11.9. The van der Waals surface area contributed by atoms with E-state index in [2.05, 4.69) is 5.32 Å². The van der Waals surface area contributed by atoms with E-state index in [0.29, 0.717) is 16.3 Å². The van der Waals surface area contributed by atoms with E-state index in [9.17, 15) is 4.79 Å². The molecule has 1 aromatic carbocycles. The normalized spacial score (nSPS) is 10.5. The molecule has 1 rings (SSSR count). The molecular formula is C12H17ClN2O. The lowest BCUT2D eigenvalue weighted by atomic mass is 10.1. The summed E-state index contributed by atoms with van der Waals surface area (Å²) < 4.78 is 0. The smallest absolute Gasteiger partial charge is 0.253 e. The van der Waals surface area contributed by atoms with Gasteiger partial charge in [0.15, 0.2) is 0 Å². The van der Waals surface area contributed by atoms with Crippen LogP contribution in [0.4, 0.5) is 5.69 Å². The van der Waals surface area contributed by atoms with E-state index >= 15 is 0 Å². The standard InChI is InChI=1S/C12H17ClN2O/c1-3-9(4-2)15-12(16)10-6-5-8(13)7-11(10)14/h5-7,9H,3-4,14H2,1-2H3,(H,15,16). The molecule has 1 amide bonds. The van der Waals surface area contributed by atoms with Crippen LogP contribution in [0.5, 0.6) is 0 Å². The first-order chi connectivity index (χ1) is 7.58. The van der Waals surface area contributed by atoms with Crippen LogP contribution in [0, 0.1) is 0 Å². The van der Waals surface area contributed by atoms with Crippen LogP contribution in [0.2, 0.25) is 5.02 Å². The number of anilines is 1. The molecule has 4 heteroatoms. The number of nitrogens with two attached hydrogens (primary N) is 1. The number of rotatable bonds is 4. The van der Waals surface area contributed by atoms with Crippen molar-refractivity contribution in [1.82, 2.24) is 5.32 Å². The SMILES string of the molecule is CCC(CC)NC(=O)c1ccc(Cl)cc1N. The molecule has 0 spiro atoms. The van der Waals surface area contributed by atoms with Crippen LogP contribution >= 0.6 is 11.6 Å². The summed E-state index contributed by atoms with van der Waals surface area (Å²) in [7, 11) is 0. The molecule has 0 saturated carbocycles. The zero-order valence-electron chi connectivity index (χ0n) is 9.59. The molecule has 16 heavy (non-hydrogen) atoms. The number of nitrogens with one attached hydrogen (secondary N) is 1. The third-order valence-electron chi connectivity index (χ3n) is 2.58. The topological polar surface area (TPSA) is 55.1 Å². The van der Waals surface area contributed by atoms with Crippen molar-refractivity contribution in [2.24, 2.45) is 0 Å². The maximum absolute atomic E-state index is 11.9. The van der Waals surface area contributed by atoms with Gasteiger partial charge in [-0.15, -0.1) is 0 Å². The van der Waals surface area contributed by atoms with Gasteiger partial charge in [-0.3, -0.25) is 4.79 Å². The number of halogens is 1. The second-order valence-corrected chi connectivity index (χ2v) is 4.15. The first kappa shape index (κ1) is 12.8. The molecule has 3 N–H and O–H groups in total. The minimum absolute atomic E-state index is 0.136. The van der Waals surface area contributed by atoms with Crippen LogP contribution in [-0.2, 0) is 0 Å². The van der Waals surface area contributed by atoms with Crippen LogP contribution < -0.4 is 11.1 Å². The molecular weight excluding hydrogens is 224 g/mol.